The van der Waals surface area contributed by atoms with Gasteiger partial charge in [-0.1, -0.05) is 0 Å². The van der Waals surface area contributed by atoms with Gasteiger partial charge in [-0.15, -0.1) is 12.4 Å². The maximum absolute atomic E-state index is 12.0. The summed E-state index contributed by atoms with van der Waals surface area (Å²) in [4.78, 5) is 16.2. The van der Waals surface area contributed by atoms with Crippen LogP contribution in [0.1, 0.15) is 21.7 Å². The van der Waals surface area contributed by atoms with Crippen LogP contribution in [0.5, 0.6) is 5.75 Å². The molecule has 0 fully saturated rings. The number of phenolic OH excluding ortho intramolecular Hbond substituents is 1. The molecule has 0 atom stereocenters. The smallest absolute Gasteiger partial charge is 0.253 e. The molecule has 1 aromatic carbocycles. The lowest BCUT2D eigenvalue weighted by Crippen LogP contribution is -2.28. The maximum Gasteiger partial charge on any atom is 0.253 e. The minimum atomic E-state index is -0.298. The lowest BCUT2D eigenvalue weighted by Gasteiger charge is -2.09. The molecule has 4 N–H and O–H groups in total. The Morgan fingerprint density at radius 2 is 2.14 bits per heavy atom. The van der Waals surface area contributed by atoms with Crippen molar-refractivity contribution in [1.29, 1.82) is 0 Å². The van der Waals surface area contributed by atoms with Crippen molar-refractivity contribution < 1.29 is 9.90 Å². The summed E-state index contributed by atoms with van der Waals surface area (Å²) in [5.41, 5.74) is 8.40. The number of hydrogen-bond acceptors (Lipinski definition) is 4. The number of carbonyl (C=O) groups is 1. The van der Waals surface area contributed by atoms with Crippen LogP contribution in [0.15, 0.2) is 24.5 Å². The lowest BCUT2D eigenvalue weighted by atomic mass is 10.1. The van der Waals surface area contributed by atoms with Crippen LogP contribution in [0.25, 0.3) is 0 Å². The fourth-order valence-corrected chi connectivity index (χ4v) is 1.90. The molecule has 1 heterocycles. The number of hydrogen-bond donors (Lipinski definition) is 3. The number of carbonyl (C=O) groups excluding carboxylic acids is 1. The highest BCUT2D eigenvalue weighted by atomic mass is 35.5. The number of aromatic hydroxyl groups is 1. The summed E-state index contributed by atoms with van der Waals surface area (Å²) < 4.78 is 1.97. The minimum Gasteiger partial charge on any atom is -0.508 e. The molecule has 0 aliphatic rings. The Balaban J connectivity index is 0.00000220. The number of phenols is 1. The highest BCUT2D eigenvalue weighted by Crippen LogP contribution is 2.18. The molecule has 2 rings (SSSR count). The second kappa shape index (κ2) is 6.99. The van der Waals surface area contributed by atoms with Crippen LogP contribution in [0.3, 0.4) is 0 Å². The number of nitrogens with two attached hydrogens (primary N) is 1. The molecule has 6 nitrogen and oxygen atoms in total. The molecule has 1 aromatic heterocycles. The van der Waals surface area contributed by atoms with Crippen molar-refractivity contribution in [2.24, 2.45) is 0 Å². The predicted molar refractivity (Wildman–Crippen MR) is 83.8 cm³/mol. The Kier molecular flexibility index (Phi) is 5.60. The lowest BCUT2D eigenvalue weighted by molar-refractivity contribution is 0.0952. The average Bonchev–Trinajstić information content (AvgIpc) is 2.73. The van der Waals surface area contributed by atoms with Gasteiger partial charge in [0.05, 0.1) is 17.6 Å². The molecule has 114 valence electrons. The van der Waals surface area contributed by atoms with Gasteiger partial charge in [0.15, 0.2) is 0 Å². The van der Waals surface area contributed by atoms with Crippen LogP contribution in [0.2, 0.25) is 0 Å². The number of nitrogens with zero attached hydrogens (tertiary/aromatic N) is 2. The fourth-order valence-electron chi connectivity index (χ4n) is 1.90. The number of aryl methyl sites for hydroxylation is 1. The topological polar surface area (TPSA) is 93.2 Å². The Morgan fingerprint density at radius 3 is 2.76 bits per heavy atom. The van der Waals surface area contributed by atoms with Crippen LogP contribution < -0.4 is 11.1 Å². The van der Waals surface area contributed by atoms with Crippen LogP contribution in [-0.4, -0.2) is 27.1 Å². The van der Waals surface area contributed by atoms with Gasteiger partial charge in [0.1, 0.15) is 5.75 Å². The first-order valence-electron chi connectivity index (χ1n) is 6.34. The summed E-state index contributed by atoms with van der Waals surface area (Å²) in [6.07, 6.45) is 1.75. The first kappa shape index (κ1) is 16.8. The molecule has 7 heteroatoms. The molecular weight excluding hydrogens is 292 g/mol. The highest BCUT2D eigenvalue weighted by molar-refractivity contribution is 5.99. The second-order valence-electron chi connectivity index (χ2n) is 4.64. The van der Waals surface area contributed by atoms with Crippen molar-refractivity contribution in [3.63, 3.8) is 0 Å². The van der Waals surface area contributed by atoms with Crippen molar-refractivity contribution in [1.82, 2.24) is 14.9 Å². The third kappa shape index (κ3) is 3.88. The van der Waals surface area contributed by atoms with E-state index in [1.807, 2.05) is 18.4 Å². The Bertz CT molecular complexity index is 640. The molecule has 1 amide bonds. The third-order valence-corrected chi connectivity index (χ3v) is 3.26. The van der Waals surface area contributed by atoms with Crippen LogP contribution in [-0.2, 0) is 6.54 Å². The SMILES string of the molecule is Cc1ncn(CCNC(=O)c2cc(O)ccc2N)c1C.Cl. The van der Waals surface area contributed by atoms with Gasteiger partial charge < -0.3 is 20.7 Å². The summed E-state index contributed by atoms with van der Waals surface area (Å²) in [5, 5.41) is 12.2. The van der Waals surface area contributed by atoms with E-state index in [1.54, 1.807) is 6.33 Å². The van der Waals surface area contributed by atoms with E-state index < -0.39 is 0 Å². The summed E-state index contributed by atoms with van der Waals surface area (Å²) in [7, 11) is 0. The number of nitrogen functional groups attached to an aromatic ring is 1. The first-order valence-corrected chi connectivity index (χ1v) is 6.34. The average molecular weight is 311 g/mol. The van der Waals surface area contributed by atoms with Gasteiger partial charge in [0.2, 0.25) is 0 Å². The molecule has 0 spiro atoms. The van der Waals surface area contributed by atoms with Crippen molar-refractivity contribution in [3.05, 3.63) is 41.5 Å². The summed E-state index contributed by atoms with van der Waals surface area (Å²) in [6.45, 7) is 5.02. The molecule has 0 aliphatic carbocycles. The fraction of sp³-hybridized carbons (Fsp3) is 0.286. The summed E-state index contributed by atoms with van der Waals surface area (Å²) in [5.74, 6) is -0.279. The molecule has 0 unspecified atom stereocenters. The van der Waals surface area contributed by atoms with Crippen LogP contribution >= 0.6 is 12.4 Å². The van der Waals surface area contributed by atoms with Crippen molar-refractivity contribution in [3.8, 4) is 5.75 Å². The predicted octanol–water partition coefficient (Wildman–Crippen LogP) is 1.64. The summed E-state index contributed by atoms with van der Waals surface area (Å²) >= 11 is 0. The molecule has 0 saturated carbocycles. The van der Waals surface area contributed by atoms with E-state index in [2.05, 4.69) is 10.3 Å². The maximum atomic E-state index is 12.0. The Labute approximate surface area is 129 Å². The molecule has 0 bridgehead atoms. The zero-order valence-corrected chi connectivity index (χ0v) is 12.8. The number of amides is 1. The number of rotatable bonds is 4. The van der Waals surface area contributed by atoms with E-state index in [0.717, 1.165) is 11.4 Å². The molecule has 21 heavy (non-hydrogen) atoms. The van der Waals surface area contributed by atoms with Gasteiger partial charge in [-0.25, -0.2) is 4.98 Å². The van der Waals surface area contributed by atoms with E-state index in [-0.39, 0.29) is 29.6 Å². The number of halogens is 1. The van der Waals surface area contributed by atoms with Crippen molar-refractivity contribution in [2.45, 2.75) is 20.4 Å². The Hall–Kier alpha value is -2.21. The van der Waals surface area contributed by atoms with Gasteiger partial charge in [-0.05, 0) is 32.0 Å². The number of anilines is 1. The quantitative estimate of drug-likeness (QED) is 0.591. The number of aromatic nitrogens is 2. The van der Waals surface area contributed by atoms with Crippen molar-refractivity contribution >= 4 is 24.0 Å². The molecule has 0 aliphatic heterocycles. The Morgan fingerprint density at radius 1 is 1.43 bits per heavy atom. The second-order valence-corrected chi connectivity index (χ2v) is 4.64. The van der Waals surface area contributed by atoms with E-state index in [4.69, 9.17) is 5.73 Å². The largest absolute Gasteiger partial charge is 0.508 e. The summed E-state index contributed by atoms with van der Waals surface area (Å²) in [6, 6.07) is 4.31. The first-order chi connectivity index (χ1) is 9.49. The van der Waals surface area contributed by atoms with E-state index >= 15 is 0 Å². The number of benzene rings is 1. The van der Waals surface area contributed by atoms with Gasteiger partial charge in [0.25, 0.3) is 5.91 Å². The number of nitrogens with one attached hydrogen (secondary N) is 1. The standard InChI is InChI=1S/C14H18N4O2.ClH/c1-9-10(2)18(8-17-9)6-5-16-14(20)12-7-11(19)3-4-13(12)15;/h3-4,7-8,19H,5-6,15H2,1-2H3,(H,16,20);1H. The van der Waals surface area contributed by atoms with Gasteiger partial charge in [0, 0.05) is 24.5 Å². The minimum absolute atomic E-state index is 0. The zero-order chi connectivity index (χ0) is 14.7. The monoisotopic (exact) mass is 310 g/mol. The van der Waals surface area contributed by atoms with E-state index in [9.17, 15) is 9.90 Å². The molecule has 0 saturated heterocycles. The number of imidazole rings is 1. The van der Waals surface area contributed by atoms with Gasteiger partial charge in [-0.2, -0.15) is 0 Å². The highest BCUT2D eigenvalue weighted by Gasteiger charge is 2.10. The van der Waals surface area contributed by atoms with Crippen molar-refractivity contribution in [2.75, 3.05) is 12.3 Å². The normalized spacial score (nSPS) is 10.0. The van der Waals surface area contributed by atoms with Crippen LogP contribution in [0.4, 0.5) is 5.69 Å². The molecule has 0 radical (unpaired) electrons. The van der Waals surface area contributed by atoms with E-state index in [0.29, 0.717) is 18.8 Å². The third-order valence-electron chi connectivity index (χ3n) is 3.26. The molecular formula is C14H19ClN4O2. The van der Waals surface area contributed by atoms with Gasteiger partial charge >= 0.3 is 0 Å². The van der Waals surface area contributed by atoms with Gasteiger partial charge in [-0.3, -0.25) is 4.79 Å². The zero-order valence-electron chi connectivity index (χ0n) is 12.0. The van der Waals surface area contributed by atoms with E-state index in [1.165, 1.54) is 18.2 Å². The van der Waals surface area contributed by atoms with Crippen LogP contribution in [0, 0.1) is 13.8 Å². The molecule has 2 aromatic rings.